The maximum Gasteiger partial charge on any atom is 0.125 e. The number of rotatable bonds is 3. The van der Waals surface area contributed by atoms with Crippen molar-refractivity contribution in [1.82, 2.24) is 9.97 Å². The van der Waals surface area contributed by atoms with Crippen molar-refractivity contribution >= 4 is 5.69 Å². The van der Waals surface area contributed by atoms with Crippen molar-refractivity contribution in [3.8, 4) is 0 Å². The Kier molecular flexibility index (Phi) is 2.37. The first-order valence-corrected chi connectivity index (χ1v) is 5.76. The molecule has 1 aromatic carbocycles. The minimum atomic E-state index is 0.756. The number of hydrogen-bond donors (Lipinski definition) is 2. The van der Waals surface area contributed by atoms with Gasteiger partial charge in [-0.15, -0.1) is 0 Å². The number of nitrogens with one attached hydrogen (secondary N) is 2. The fourth-order valence-electron chi connectivity index (χ4n) is 2.26. The molecule has 2 aromatic rings. The van der Waals surface area contributed by atoms with Gasteiger partial charge in [0.05, 0.1) is 6.54 Å². The van der Waals surface area contributed by atoms with Gasteiger partial charge in [0.1, 0.15) is 5.82 Å². The zero-order chi connectivity index (χ0) is 10.8. The van der Waals surface area contributed by atoms with E-state index in [1.807, 2.05) is 6.20 Å². The van der Waals surface area contributed by atoms with E-state index in [2.05, 4.69) is 33.5 Å². The second-order valence-electron chi connectivity index (χ2n) is 4.23. The zero-order valence-electron chi connectivity index (χ0n) is 9.16. The molecule has 1 aliphatic rings. The summed E-state index contributed by atoms with van der Waals surface area (Å²) >= 11 is 0. The number of aryl methyl sites for hydroxylation is 2. The predicted octanol–water partition coefficient (Wildman–Crippen LogP) is 2.51. The van der Waals surface area contributed by atoms with E-state index in [4.69, 9.17) is 0 Å². The van der Waals surface area contributed by atoms with Gasteiger partial charge in [0.25, 0.3) is 0 Å². The summed E-state index contributed by atoms with van der Waals surface area (Å²) in [5.74, 6) is 0.973. The monoisotopic (exact) mass is 213 g/mol. The van der Waals surface area contributed by atoms with Crippen molar-refractivity contribution in [2.75, 3.05) is 5.32 Å². The summed E-state index contributed by atoms with van der Waals surface area (Å²) in [6.07, 6.45) is 7.40. The zero-order valence-corrected chi connectivity index (χ0v) is 9.16. The number of nitrogens with zero attached hydrogens (tertiary/aromatic N) is 1. The molecule has 2 N–H and O–H groups in total. The highest BCUT2D eigenvalue weighted by Crippen LogP contribution is 2.24. The average molecular weight is 213 g/mol. The van der Waals surface area contributed by atoms with Crippen LogP contribution in [-0.4, -0.2) is 9.97 Å². The molecule has 0 fully saturated rings. The Morgan fingerprint density at radius 3 is 3.06 bits per heavy atom. The molecule has 0 spiro atoms. The van der Waals surface area contributed by atoms with Gasteiger partial charge in [-0.1, -0.05) is 6.07 Å². The molecular weight excluding hydrogens is 198 g/mol. The summed E-state index contributed by atoms with van der Waals surface area (Å²) in [6.45, 7) is 0.756. The Hall–Kier alpha value is -1.77. The van der Waals surface area contributed by atoms with Crippen LogP contribution in [0.2, 0.25) is 0 Å². The van der Waals surface area contributed by atoms with Crippen LogP contribution in [0.1, 0.15) is 23.4 Å². The van der Waals surface area contributed by atoms with Gasteiger partial charge >= 0.3 is 0 Å². The number of anilines is 1. The van der Waals surface area contributed by atoms with Crippen molar-refractivity contribution in [1.29, 1.82) is 0 Å². The Balaban J connectivity index is 1.71. The second-order valence-corrected chi connectivity index (χ2v) is 4.23. The molecule has 0 saturated carbocycles. The molecule has 0 radical (unpaired) electrons. The van der Waals surface area contributed by atoms with Gasteiger partial charge in [-0.05, 0) is 42.5 Å². The maximum atomic E-state index is 4.19. The number of imidazole rings is 1. The van der Waals surface area contributed by atoms with Crippen molar-refractivity contribution < 1.29 is 0 Å². The molecule has 82 valence electrons. The average Bonchev–Trinajstić information content (AvgIpc) is 2.97. The van der Waals surface area contributed by atoms with E-state index in [9.17, 15) is 0 Å². The SMILES string of the molecule is c1c[nH]c(CNc2ccc3c(c2)CCC3)n1. The lowest BCUT2D eigenvalue weighted by Crippen LogP contribution is -2.01. The fourth-order valence-corrected chi connectivity index (χ4v) is 2.26. The lowest BCUT2D eigenvalue weighted by Gasteiger charge is -2.06. The molecule has 3 nitrogen and oxygen atoms in total. The first-order chi connectivity index (χ1) is 7.92. The van der Waals surface area contributed by atoms with Gasteiger partial charge < -0.3 is 10.3 Å². The van der Waals surface area contributed by atoms with Crippen LogP contribution in [0.4, 0.5) is 5.69 Å². The Bertz CT molecular complexity index is 474. The summed E-state index contributed by atoms with van der Waals surface area (Å²) in [5.41, 5.74) is 4.21. The van der Waals surface area contributed by atoms with E-state index in [0.717, 1.165) is 12.4 Å². The highest BCUT2D eigenvalue weighted by Gasteiger charge is 2.10. The normalized spacial score (nSPS) is 13.8. The third-order valence-corrected chi connectivity index (χ3v) is 3.11. The largest absolute Gasteiger partial charge is 0.378 e. The van der Waals surface area contributed by atoms with Crippen molar-refractivity contribution in [2.24, 2.45) is 0 Å². The van der Waals surface area contributed by atoms with Crippen LogP contribution in [0.15, 0.2) is 30.6 Å². The summed E-state index contributed by atoms with van der Waals surface area (Å²) in [4.78, 5) is 7.27. The van der Waals surface area contributed by atoms with E-state index in [0.29, 0.717) is 0 Å². The van der Waals surface area contributed by atoms with E-state index in [1.165, 1.54) is 36.1 Å². The third-order valence-electron chi connectivity index (χ3n) is 3.11. The van der Waals surface area contributed by atoms with Gasteiger partial charge in [0.15, 0.2) is 0 Å². The lowest BCUT2D eigenvalue weighted by molar-refractivity contribution is 0.911. The highest BCUT2D eigenvalue weighted by atomic mass is 15.0. The number of aromatic amines is 1. The molecule has 0 bridgehead atoms. The highest BCUT2D eigenvalue weighted by molar-refractivity contribution is 5.50. The Morgan fingerprint density at radius 1 is 1.25 bits per heavy atom. The molecule has 3 heteroatoms. The van der Waals surface area contributed by atoms with Gasteiger partial charge in [-0.3, -0.25) is 0 Å². The third kappa shape index (κ3) is 1.81. The number of hydrogen-bond acceptors (Lipinski definition) is 2. The summed E-state index contributed by atoms with van der Waals surface area (Å²) in [7, 11) is 0. The van der Waals surface area contributed by atoms with Gasteiger partial charge in [-0.25, -0.2) is 4.98 Å². The van der Waals surface area contributed by atoms with Crippen LogP contribution in [0, 0.1) is 0 Å². The molecule has 0 saturated heterocycles. The summed E-state index contributed by atoms with van der Waals surface area (Å²) in [6, 6.07) is 6.67. The number of H-pyrrole nitrogens is 1. The smallest absolute Gasteiger partial charge is 0.125 e. The minimum absolute atomic E-state index is 0.756. The van der Waals surface area contributed by atoms with Gasteiger partial charge in [-0.2, -0.15) is 0 Å². The number of fused-ring (bicyclic) bond motifs is 1. The summed E-state index contributed by atoms with van der Waals surface area (Å²) < 4.78 is 0. The topological polar surface area (TPSA) is 40.7 Å². The Labute approximate surface area is 94.9 Å². The number of benzene rings is 1. The molecule has 0 atom stereocenters. The van der Waals surface area contributed by atoms with Crippen LogP contribution >= 0.6 is 0 Å². The van der Waals surface area contributed by atoms with E-state index in [-0.39, 0.29) is 0 Å². The van der Waals surface area contributed by atoms with Gasteiger partial charge in [0, 0.05) is 18.1 Å². The van der Waals surface area contributed by atoms with Crippen LogP contribution in [0.25, 0.3) is 0 Å². The molecule has 3 rings (SSSR count). The molecule has 1 aromatic heterocycles. The Morgan fingerprint density at radius 2 is 2.19 bits per heavy atom. The summed E-state index contributed by atoms with van der Waals surface area (Å²) in [5, 5.41) is 3.38. The van der Waals surface area contributed by atoms with Crippen molar-refractivity contribution in [3.63, 3.8) is 0 Å². The van der Waals surface area contributed by atoms with E-state index >= 15 is 0 Å². The van der Waals surface area contributed by atoms with Crippen molar-refractivity contribution in [3.05, 3.63) is 47.5 Å². The van der Waals surface area contributed by atoms with Crippen LogP contribution in [0.5, 0.6) is 0 Å². The fraction of sp³-hybridized carbons (Fsp3) is 0.308. The maximum absolute atomic E-state index is 4.19. The van der Waals surface area contributed by atoms with E-state index in [1.54, 1.807) is 6.20 Å². The molecule has 1 aliphatic carbocycles. The van der Waals surface area contributed by atoms with Crippen LogP contribution in [0.3, 0.4) is 0 Å². The quantitative estimate of drug-likeness (QED) is 0.822. The van der Waals surface area contributed by atoms with Crippen LogP contribution in [-0.2, 0) is 19.4 Å². The molecule has 0 unspecified atom stereocenters. The second kappa shape index (κ2) is 4.00. The molecular formula is C13H15N3. The molecule has 1 heterocycles. The first kappa shape index (κ1) is 9.46. The van der Waals surface area contributed by atoms with Crippen molar-refractivity contribution in [2.45, 2.75) is 25.8 Å². The van der Waals surface area contributed by atoms with Crippen LogP contribution < -0.4 is 5.32 Å². The minimum Gasteiger partial charge on any atom is -0.378 e. The molecule has 0 amide bonds. The molecule has 0 aliphatic heterocycles. The molecule has 16 heavy (non-hydrogen) atoms. The lowest BCUT2D eigenvalue weighted by atomic mass is 10.1. The van der Waals surface area contributed by atoms with Gasteiger partial charge in [0.2, 0.25) is 0 Å². The first-order valence-electron chi connectivity index (χ1n) is 5.76. The van der Waals surface area contributed by atoms with E-state index < -0.39 is 0 Å². The predicted molar refractivity (Wildman–Crippen MR) is 64.4 cm³/mol. The standard InChI is InChI=1S/C13H15N3/c1-2-10-4-5-12(8-11(10)3-1)16-9-13-14-6-7-15-13/h4-8,16H,1-3,9H2,(H,14,15). The number of aromatic nitrogens is 2.